The number of carbonyl (C=O) groups is 2. The number of rotatable bonds is 4. The van der Waals surface area contributed by atoms with Crippen molar-refractivity contribution in [1.29, 1.82) is 0 Å². The lowest BCUT2D eigenvalue weighted by Gasteiger charge is -2.19. The van der Waals surface area contributed by atoms with E-state index in [0.29, 0.717) is 30.4 Å². The molecule has 25 heavy (non-hydrogen) atoms. The second-order valence-electron chi connectivity index (χ2n) is 5.90. The third kappa shape index (κ3) is 4.09. The summed E-state index contributed by atoms with van der Waals surface area (Å²) in [6.07, 6.45) is -0.262. The lowest BCUT2D eigenvalue weighted by Crippen LogP contribution is -2.22. The van der Waals surface area contributed by atoms with Crippen LogP contribution in [0.2, 0.25) is 0 Å². The van der Waals surface area contributed by atoms with Crippen molar-refractivity contribution in [2.45, 2.75) is 20.3 Å². The summed E-state index contributed by atoms with van der Waals surface area (Å²) in [4.78, 5) is 24.2. The fourth-order valence-corrected chi connectivity index (χ4v) is 2.67. The molecular formula is C19H20N2O4. The Labute approximate surface area is 146 Å². The van der Waals surface area contributed by atoms with E-state index in [1.165, 1.54) is 0 Å². The molecule has 0 saturated carbocycles. The molecule has 0 bridgehead atoms. The van der Waals surface area contributed by atoms with E-state index in [0.717, 1.165) is 16.8 Å². The number of hydrogen-bond donors (Lipinski definition) is 2. The van der Waals surface area contributed by atoms with E-state index in [-0.39, 0.29) is 18.2 Å². The molecule has 2 aromatic rings. The predicted molar refractivity (Wildman–Crippen MR) is 95.2 cm³/mol. The van der Waals surface area contributed by atoms with Gasteiger partial charge in [-0.25, -0.2) is 0 Å². The van der Waals surface area contributed by atoms with Gasteiger partial charge in [0.1, 0.15) is 19.6 Å². The summed E-state index contributed by atoms with van der Waals surface area (Å²) in [5, 5.41) is 5.50. The minimum absolute atomic E-state index is 0.262. The Morgan fingerprint density at radius 3 is 2.28 bits per heavy atom. The molecule has 0 unspecified atom stereocenters. The Balaban J connectivity index is 1.60. The van der Waals surface area contributed by atoms with Crippen LogP contribution >= 0.6 is 0 Å². The molecule has 0 spiro atoms. The Kier molecular flexibility index (Phi) is 4.88. The van der Waals surface area contributed by atoms with E-state index in [4.69, 9.17) is 9.47 Å². The quantitative estimate of drug-likeness (QED) is 0.839. The molecular weight excluding hydrogens is 320 g/mol. The Morgan fingerprint density at radius 2 is 1.56 bits per heavy atom. The van der Waals surface area contributed by atoms with Crippen molar-refractivity contribution >= 4 is 23.2 Å². The molecule has 0 radical (unpaired) electrons. The number of anilines is 2. The highest BCUT2D eigenvalue weighted by Gasteiger charge is 2.15. The van der Waals surface area contributed by atoms with Crippen molar-refractivity contribution in [3.8, 4) is 11.5 Å². The van der Waals surface area contributed by atoms with Crippen molar-refractivity contribution < 1.29 is 19.1 Å². The van der Waals surface area contributed by atoms with Crippen LogP contribution in [0, 0.1) is 13.8 Å². The number of fused-ring (bicyclic) bond motifs is 1. The zero-order valence-electron chi connectivity index (χ0n) is 14.2. The fourth-order valence-electron chi connectivity index (χ4n) is 2.67. The van der Waals surface area contributed by atoms with E-state index < -0.39 is 0 Å². The summed E-state index contributed by atoms with van der Waals surface area (Å²) in [5.41, 5.74) is 3.23. The van der Waals surface area contributed by atoms with Crippen molar-refractivity contribution in [3.05, 3.63) is 47.5 Å². The highest BCUT2D eigenvalue weighted by molar-refractivity contribution is 6.08. The summed E-state index contributed by atoms with van der Waals surface area (Å²) in [6.45, 7) is 4.82. The van der Waals surface area contributed by atoms with Crippen molar-refractivity contribution in [2.24, 2.45) is 0 Å². The SMILES string of the molecule is Cc1cccc(C)c1NC(=O)CC(=O)Nc1ccc2c(c1)OCCO2. The first-order valence-corrected chi connectivity index (χ1v) is 8.08. The van der Waals surface area contributed by atoms with Crippen molar-refractivity contribution in [2.75, 3.05) is 23.8 Å². The van der Waals surface area contributed by atoms with Gasteiger partial charge in [0, 0.05) is 17.4 Å². The molecule has 0 aliphatic carbocycles. The summed E-state index contributed by atoms with van der Waals surface area (Å²) in [7, 11) is 0. The van der Waals surface area contributed by atoms with E-state index in [1.807, 2.05) is 32.0 Å². The predicted octanol–water partition coefficient (Wildman–Crippen LogP) is 3.04. The number of para-hydroxylation sites is 1. The van der Waals surface area contributed by atoms with Gasteiger partial charge in [0.05, 0.1) is 0 Å². The van der Waals surface area contributed by atoms with E-state index in [1.54, 1.807) is 18.2 Å². The third-order valence-corrected chi connectivity index (χ3v) is 3.89. The molecule has 1 aliphatic rings. The first-order valence-electron chi connectivity index (χ1n) is 8.08. The van der Waals surface area contributed by atoms with Crippen LogP contribution in [0.1, 0.15) is 17.5 Å². The summed E-state index contributed by atoms with van der Waals surface area (Å²) < 4.78 is 10.9. The molecule has 2 N–H and O–H groups in total. The number of ether oxygens (including phenoxy) is 2. The minimum atomic E-state index is -0.389. The highest BCUT2D eigenvalue weighted by atomic mass is 16.6. The smallest absolute Gasteiger partial charge is 0.233 e. The van der Waals surface area contributed by atoms with Crippen molar-refractivity contribution in [1.82, 2.24) is 0 Å². The molecule has 0 atom stereocenters. The largest absolute Gasteiger partial charge is 0.486 e. The van der Waals surface area contributed by atoms with Crippen LogP contribution in [-0.2, 0) is 9.59 Å². The third-order valence-electron chi connectivity index (χ3n) is 3.89. The van der Waals surface area contributed by atoms with Crippen molar-refractivity contribution in [3.63, 3.8) is 0 Å². The normalized spacial score (nSPS) is 12.4. The van der Waals surface area contributed by atoms with Gasteiger partial charge in [0.25, 0.3) is 0 Å². The first-order chi connectivity index (χ1) is 12.0. The van der Waals surface area contributed by atoms with Crippen LogP contribution in [0.3, 0.4) is 0 Å². The second kappa shape index (κ2) is 7.25. The maximum atomic E-state index is 12.1. The fraction of sp³-hybridized carbons (Fsp3) is 0.263. The maximum absolute atomic E-state index is 12.1. The highest BCUT2D eigenvalue weighted by Crippen LogP contribution is 2.32. The van der Waals surface area contributed by atoms with E-state index in [9.17, 15) is 9.59 Å². The zero-order valence-corrected chi connectivity index (χ0v) is 14.2. The number of hydrogen-bond acceptors (Lipinski definition) is 4. The monoisotopic (exact) mass is 340 g/mol. The van der Waals surface area contributed by atoms with Gasteiger partial charge in [-0.3, -0.25) is 9.59 Å². The number of benzene rings is 2. The molecule has 0 fully saturated rings. The van der Waals surface area contributed by atoms with E-state index >= 15 is 0 Å². The van der Waals surface area contributed by atoms with Gasteiger partial charge in [-0.2, -0.15) is 0 Å². The van der Waals surface area contributed by atoms with Gasteiger partial charge in [0.2, 0.25) is 11.8 Å². The molecule has 1 aliphatic heterocycles. The molecule has 0 aromatic heterocycles. The lowest BCUT2D eigenvalue weighted by molar-refractivity contribution is -0.123. The zero-order chi connectivity index (χ0) is 17.8. The number of aryl methyl sites for hydroxylation is 2. The maximum Gasteiger partial charge on any atom is 0.233 e. The Hall–Kier alpha value is -3.02. The van der Waals surface area contributed by atoms with E-state index in [2.05, 4.69) is 10.6 Å². The number of carbonyl (C=O) groups excluding carboxylic acids is 2. The summed E-state index contributed by atoms with van der Waals surface area (Å²) >= 11 is 0. The average Bonchev–Trinajstić information content (AvgIpc) is 2.58. The molecule has 6 nitrogen and oxygen atoms in total. The van der Waals surface area contributed by atoms with Gasteiger partial charge >= 0.3 is 0 Å². The number of nitrogens with one attached hydrogen (secondary N) is 2. The van der Waals surface area contributed by atoms with Gasteiger partial charge < -0.3 is 20.1 Å². The van der Waals surface area contributed by atoms with Crippen LogP contribution in [-0.4, -0.2) is 25.0 Å². The van der Waals surface area contributed by atoms with Crippen LogP contribution in [0.5, 0.6) is 11.5 Å². The molecule has 2 aromatic carbocycles. The molecule has 2 amide bonds. The molecule has 0 saturated heterocycles. The average molecular weight is 340 g/mol. The molecule has 1 heterocycles. The van der Waals surface area contributed by atoms with Gasteiger partial charge in [-0.1, -0.05) is 18.2 Å². The summed E-state index contributed by atoms with van der Waals surface area (Å²) in [6, 6.07) is 10.9. The van der Waals surface area contributed by atoms with Gasteiger partial charge in [-0.05, 0) is 37.1 Å². The molecule has 6 heteroatoms. The molecule has 3 rings (SSSR count). The summed E-state index contributed by atoms with van der Waals surface area (Å²) in [5.74, 6) is 0.494. The van der Waals surface area contributed by atoms with Gasteiger partial charge in [0.15, 0.2) is 11.5 Å². The second-order valence-corrected chi connectivity index (χ2v) is 5.90. The van der Waals surface area contributed by atoms with Crippen LogP contribution < -0.4 is 20.1 Å². The Bertz CT molecular complexity index is 797. The number of amides is 2. The van der Waals surface area contributed by atoms with Crippen LogP contribution in [0.15, 0.2) is 36.4 Å². The Morgan fingerprint density at radius 1 is 0.920 bits per heavy atom. The standard InChI is InChI=1S/C19H20N2O4/c1-12-4-3-5-13(2)19(12)21-18(23)11-17(22)20-14-6-7-15-16(10-14)25-9-8-24-15/h3-7,10H,8-9,11H2,1-2H3,(H,20,22)(H,21,23). The lowest BCUT2D eigenvalue weighted by atomic mass is 10.1. The van der Waals surface area contributed by atoms with Crippen LogP contribution in [0.4, 0.5) is 11.4 Å². The molecule has 130 valence electrons. The minimum Gasteiger partial charge on any atom is -0.486 e. The van der Waals surface area contributed by atoms with Crippen LogP contribution in [0.25, 0.3) is 0 Å². The topological polar surface area (TPSA) is 76.7 Å². The first kappa shape index (κ1) is 16.8. The van der Waals surface area contributed by atoms with Gasteiger partial charge in [-0.15, -0.1) is 0 Å².